The molecule has 4 nitrogen and oxygen atoms in total. The highest BCUT2D eigenvalue weighted by Gasteiger charge is 2.37. The van der Waals surface area contributed by atoms with Crippen molar-refractivity contribution < 1.29 is 8.85 Å². The molecule has 5 heteroatoms. The van der Waals surface area contributed by atoms with Crippen LogP contribution in [0.4, 0.5) is 0 Å². The Kier molecular flexibility index (Phi) is 6.53. The second-order valence-electron chi connectivity index (χ2n) is 3.01. The second-order valence-corrected chi connectivity index (χ2v) is 5.70. The molecule has 0 saturated heterocycles. The minimum Gasteiger partial charge on any atom is -0.374 e. The van der Waals surface area contributed by atoms with Crippen LogP contribution in [0.3, 0.4) is 0 Å². The van der Waals surface area contributed by atoms with Crippen molar-refractivity contribution in [1.29, 1.82) is 0 Å². The van der Waals surface area contributed by atoms with E-state index in [2.05, 4.69) is 23.8 Å². The zero-order valence-corrected chi connectivity index (χ0v) is 10.3. The van der Waals surface area contributed by atoms with E-state index < -0.39 is 8.88 Å². The number of hydrogen-bond acceptors (Lipinski definition) is 4. The van der Waals surface area contributed by atoms with E-state index in [1.54, 1.807) is 14.2 Å². The maximum Gasteiger partial charge on any atom is 0.516 e. The molecule has 80 valence electrons. The van der Waals surface area contributed by atoms with E-state index >= 15 is 0 Å². The Balaban J connectivity index is 4.19. The van der Waals surface area contributed by atoms with Crippen molar-refractivity contribution in [2.24, 2.45) is 0 Å². The topological polar surface area (TPSA) is 42.5 Å². The highest BCUT2D eigenvalue weighted by molar-refractivity contribution is 6.62. The third kappa shape index (κ3) is 4.19. The lowest BCUT2D eigenvalue weighted by Crippen LogP contribution is -2.68. The summed E-state index contributed by atoms with van der Waals surface area (Å²) < 4.78 is 10.8. The van der Waals surface area contributed by atoms with Crippen molar-refractivity contribution in [3.8, 4) is 0 Å². The summed E-state index contributed by atoms with van der Waals surface area (Å²) in [6.07, 6.45) is 1.06. The van der Waals surface area contributed by atoms with Crippen molar-refractivity contribution in [2.75, 3.05) is 20.8 Å². The molecule has 0 aliphatic carbocycles. The van der Waals surface area contributed by atoms with Crippen LogP contribution in [0.15, 0.2) is 0 Å². The predicted octanol–water partition coefficient (Wildman–Crippen LogP) is 0.712. The monoisotopic (exact) mass is 206 g/mol. The fraction of sp³-hybridized carbons (Fsp3) is 1.00. The molecule has 0 amide bonds. The van der Waals surface area contributed by atoms with Crippen LogP contribution in [-0.2, 0) is 8.85 Å². The van der Waals surface area contributed by atoms with Gasteiger partial charge >= 0.3 is 8.88 Å². The molecule has 2 N–H and O–H groups in total. The summed E-state index contributed by atoms with van der Waals surface area (Å²) in [5.74, 6) is 0. The summed E-state index contributed by atoms with van der Waals surface area (Å²) in [5, 5.41) is 0. The molecule has 13 heavy (non-hydrogen) atoms. The van der Waals surface area contributed by atoms with Crippen molar-refractivity contribution in [1.82, 2.24) is 9.96 Å². The Labute approximate surface area is 82.4 Å². The van der Waals surface area contributed by atoms with E-state index in [0.29, 0.717) is 6.04 Å². The number of rotatable bonds is 7. The summed E-state index contributed by atoms with van der Waals surface area (Å²) in [7, 11) is 1.02. The third-order valence-electron chi connectivity index (χ3n) is 2.03. The fourth-order valence-electron chi connectivity index (χ4n) is 1.06. The maximum atomic E-state index is 5.39. The largest absolute Gasteiger partial charge is 0.516 e. The van der Waals surface area contributed by atoms with Gasteiger partial charge in [-0.1, -0.05) is 20.8 Å². The third-order valence-corrected chi connectivity index (χ3v) is 4.87. The van der Waals surface area contributed by atoms with E-state index in [4.69, 9.17) is 8.85 Å². The molecule has 0 radical (unpaired) electrons. The van der Waals surface area contributed by atoms with Crippen LogP contribution < -0.4 is 9.96 Å². The smallest absolute Gasteiger partial charge is 0.374 e. The lowest BCUT2D eigenvalue weighted by molar-refractivity contribution is 0.208. The van der Waals surface area contributed by atoms with Crippen molar-refractivity contribution in [3.05, 3.63) is 0 Å². The van der Waals surface area contributed by atoms with Crippen LogP contribution in [0.2, 0.25) is 0 Å². The van der Waals surface area contributed by atoms with Crippen LogP contribution >= 0.6 is 0 Å². The summed E-state index contributed by atoms with van der Waals surface area (Å²) in [6, 6.07) is 0.408. The van der Waals surface area contributed by atoms with Gasteiger partial charge in [0.1, 0.15) is 0 Å². The molecule has 0 bridgehead atoms. The van der Waals surface area contributed by atoms with Crippen LogP contribution in [-0.4, -0.2) is 35.7 Å². The predicted molar refractivity (Wildman–Crippen MR) is 56.3 cm³/mol. The molecule has 0 spiro atoms. The molecule has 0 aliphatic rings. The lowest BCUT2D eigenvalue weighted by atomic mass is 10.3. The standard InChI is InChI=1S/C8H22N2O2Si/c1-6-8(3)10-13(11-4,12-5)9-7-2/h8-10H,6-7H2,1-5H3. The van der Waals surface area contributed by atoms with Gasteiger partial charge in [0.25, 0.3) is 0 Å². The molecule has 0 fully saturated rings. The average Bonchev–Trinajstić information content (AvgIpc) is 2.17. The first kappa shape index (κ1) is 13.1. The van der Waals surface area contributed by atoms with Crippen LogP contribution in [0.25, 0.3) is 0 Å². The zero-order valence-electron chi connectivity index (χ0n) is 9.31. The Morgan fingerprint density at radius 3 is 2.08 bits per heavy atom. The Morgan fingerprint density at radius 2 is 1.77 bits per heavy atom. The van der Waals surface area contributed by atoms with Gasteiger partial charge in [-0.25, -0.2) is 0 Å². The van der Waals surface area contributed by atoms with Gasteiger partial charge in [-0.05, 0) is 13.0 Å². The van der Waals surface area contributed by atoms with E-state index in [9.17, 15) is 0 Å². The highest BCUT2D eigenvalue weighted by atomic mass is 28.4. The van der Waals surface area contributed by atoms with Crippen molar-refractivity contribution in [3.63, 3.8) is 0 Å². The zero-order chi connectivity index (χ0) is 10.3. The summed E-state index contributed by atoms with van der Waals surface area (Å²) in [5.41, 5.74) is 0. The summed E-state index contributed by atoms with van der Waals surface area (Å²) >= 11 is 0. The van der Waals surface area contributed by atoms with E-state index in [1.165, 1.54) is 0 Å². The van der Waals surface area contributed by atoms with Crippen molar-refractivity contribution >= 4 is 8.88 Å². The lowest BCUT2D eigenvalue weighted by Gasteiger charge is -2.30. The normalized spacial score (nSPS) is 14.5. The molecule has 0 heterocycles. The molecule has 0 saturated carbocycles. The molecular weight excluding hydrogens is 184 g/mol. The second kappa shape index (κ2) is 6.50. The average molecular weight is 206 g/mol. The molecule has 0 rings (SSSR count). The van der Waals surface area contributed by atoms with E-state index in [0.717, 1.165) is 13.0 Å². The first-order valence-electron chi connectivity index (χ1n) is 4.77. The molecule has 0 aromatic carbocycles. The van der Waals surface area contributed by atoms with Gasteiger partial charge in [0.2, 0.25) is 0 Å². The molecule has 0 aliphatic heterocycles. The first-order valence-corrected chi connectivity index (χ1v) is 6.58. The quantitative estimate of drug-likeness (QED) is 0.602. The Morgan fingerprint density at radius 1 is 1.23 bits per heavy atom. The van der Waals surface area contributed by atoms with Gasteiger partial charge in [-0.3, -0.25) is 9.96 Å². The number of nitrogens with one attached hydrogen (secondary N) is 2. The van der Waals surface area contributed by atoms with Gasteiger partial charge < -0.3 is 8.85 Å². The van der Waals surface area contributed by atoms with Crippen LogP contribution in [0.5, 0.6) is 0 Å². The van der Waals surface area contributed by atoms with Gasteiger partial charge in [-0.2, -0.15) is 0 Å². The van der Waals surface area contributed by atoms with Crippen LogP contribution in [0, 0.1) is 0 Å². The maximum absolute atomic E-state index is 5.39. The minimum atomic E-state index is -2.33. The molecular formula is C8H22N2O2Si. The summed E-state index contributed by atoms with van der Waals surface area (Å²) in [4.78, 5) is 6.61. The van der Waals surface area contributed by atoms with Gasteiger partial charge in [0, 0.05) is 20.3 Å². The van der Waals surface area contributed by atoms with Crippen LogP contribution in [0.1, 0.15) is 27.2 Å². The Hall–Kier alpha value is 0.0569. The molecule has 1 atom stereocenters. The van der Waals surface area contributed by atoms with Gasteiger partial charge in [-0.15, -0.1) is 0 Å². The first-order chi connectivity index (χ1) is 6.14. The van der Waals surface area contributed by atoms with E-state index in [-0.39, 0.29) is 0 Å². The molecule has 0 aromatic rings. The van der Waals surface area contributed by atoms with E-state index in [1.807, 2.05) is 6.92 Å². The highest BCUT2D eigenvalue weighted by Crippen LogP contribution is 2.00. The SMILES string of the molecule is CCN[Si](NC(C)CC)(OC)OC. The van der Waals surface area contributed by atoms with Crippen molar-refractivity contribution in [2.45, 2.75) is 33.2 Å². The van der Waals surface area contributed by atoms with Gasteiger partial charge in [0.05, 0.1) is 0 Å². The number of hydrogen-bond donors (Lipinski definition) is 2. The summed E-state index contributed by atoms with van der Waals surface area (Å²) in [6.45, 7) is 7.14. The fourth-order valence-corrected chi connectivity index (χ4v) is 3.17. The minimum absolute atomic E-state index is 0.408. The Bertz CT molecular complexity index is 131. The van der Waals surface area contributed by atoms with Gasteiger partial charge in [0.15, 0.2) is 0 Å². The molecule has 1 unspecified atom stereocenters. The molecule has 0 aromatic heterocycles.